The summed E-state index contributed by atoms with van der Waals surface area (Å²) < 4.78 is 102. The van der Waals surface area contributed by atoms with Crippen LogP contribution in [0.1, 0.15) is 0 Å². The van der Waals surface area contributed by atoms with Crippen molar-refractivity contribution in [1.82, 2.24) is 0 Å². The standard InChI is InChI=1S/C8H2Br2F6O.C6H2Br2F2/c9-4-2(11)1-3(12)5(10)6(4)17-7(13)8(14,15)16;7-3-1-2-4(9)6(10)5(3)8/h1,7H;1-2H. The Balaban J connectivity index is 0.000000309. The molecule has 0 bridgehead atoms. The highest BCUT2D eigenvalue weighted by atomic mass is 79.9. The highest BCUT2D eigenvalue weighted by Crippen LogP contribution is 2.39. The van der Waals surface area contributed by atoms with E-state index in [-0.39, 0.29) is 4.47 Å². The van der Waals surface area contributed by atoms with Gasteiger partial charge in [-0.1, -0.05) is 0 Å². The highest BCUT2D eigenvalue weighted by Gasteiger charge is 2.43. The lowest BCUT2D eigenvalue weighted by Gasteiger charge is -2.16. The Morgan fingerprint density at radius 2 is 1.26 bits per heavy atom. The summed E-state index contributed by atoms with van der Waals surface area (Å²) in [5.41, 5.74) is 0. The first kappa shape index (κ1) is 24.6. The van der Waals surface area contributed by atoms with Crippen LogP contribution in [0, 0.1) is 23.3 Å². The summed E-state index contributed by atoms with van der Waals surface area (Å²) in [5, 5.41) is 0. The molecular formula is C14H4Br4F8O. The van der Waals surface area contributed by atoms with Gasteiger partial charge in [-0.15, -0.1) is 0 Å². The molecule has 0 fully saturated rings. The van der Waals surface area contributed by atoms with Crippen molar-refractivity contribution in [2.45, 2.75) is 12.5 Å². The molecule has 13 heteroatoms. The largest absolute Gasteiger partial charge is 0.457 e. The van der Waals surface area contributed by atoms with Gasteiger partial charge in [-0.2, -0.15) is 17.6 Å². The van der Waals surface area contributed by atoms with Crippen molar-refractivity contribution in [2.24, 2.45) is 0 Å². The van der Waals surface area contributed by atoms with Crippen molar-refractivity contribution < 1.29 is 39.9 Å². The van der Waals surface area contributed by atoms with Gasteiger partial charge in [0.1, 0.15) is 11.6 Å². The Bertz CT molecular complexity index is 775. The molecule has 0 saturated carbocycles. The van der Waals surface area contributed by atoms with E-state index in [0.717, 1.165) is 6.07 Å². The average Bonchev–Trinajstić information content (AvgIpc) is 2.58. The van der Waals surface area contributed by atoms with Crippen LogP contribution in [0.5, 0.6) is 5.75 Å². The minimum atomic E-state index is -5.29. The van der Waals surface area contributed by atoms with Crippen LogP contribution in [0.3, 0.4) is 0 Å². The van der Waals surface area contributed by atoms with Crippen LogP contribution >= 0.6 is 63.7 Å². The Morgan fingerprint density at radius 1 is 0.778 bits per heavy atom. The fourth-order valence-electron chi connectivity index (χ4n) is 1.33. The molecule has 150 valence electrons. The number of halogens is 12. The zero-order valence-corrected chi connectivity index (χ0v) is 18.6. The number of ether oxygens (including phenoxy) is 1. The van der Waals surface area contributed by atoms with E-state index in [9.17, 15) is 35.1 Å². The zero-order valence-electron chi connectivity index (χ0n) is 12.3. The van der Waals surface area contributed by atoms with E-state index >= 15 is 0 Å². The molecule has 1 unspecified atom stereocenters. The van der Waals surface area contributed by atoms with Crippen molar-refractivity contribution in [3.63, 3.8) is 0 Å². The monoisotopic (exact) mass is 656 g/mol. The Hall–Kier alpha value is -0.400. The SMILES string of the molecule is Fc1cc(F)c(Br)c(OC(F)C(F)(F)F)c1Br.Fc1ccc(Br)c(Br)c1F. The molecule has 1 nitrogen and oxygen atoms in total. The second kappa shape index (κ2) is 9.88. The minimum Gasteiger partial charge on any atom is -0.449 e. The van der Waals surface area contributed by atoms with E-state index < -0.39 is 50.5 Å². The maximum Gasteiger partial charge on any atom is 0.457 e. The van der Waals surface area contributed by atoms with E-state index in [2.05, 4.69) is 68.5 Å². The maximum absolute atomic E-state index is 13.0. The number of alkyl halides is 4. The fourth-order valence-corrected chi connectivity index (χ4v) is 3.03. The van der Waals surface area contributed by atoms with Crippen LogP contribution in [0.25, 0.3) is 0 Å². The summed E-state index contributed by atoms with van der Waals surface area (Å²) in [5.74, 6) is -5.08. The molecule has 0 saturated heterocycles. The van der Waals surface area contributed by atoms with Crippen molar-refractivity contribution in [3.05, 3.63) is 59.4 Å². The number of benzene rings is 2. The van der Waals surface area contributed by atoms with Gasteiger partial charge in [-0.05, 0) is 75.9 Å². The van der Waals surface area contributed by atoms with Gasteiger partial charge >= 0.3 is 12.5 Å². The van der Waals surface area contributed by atoms with Gasteiger partial charge in [0.2, 0.25) is 0 Å². The summed E-state index contributed by atoms with van der Waals surface area (Å²) in [6.07, 6.45) is -8.97. The third-order valence-corrected chi connectivity index (χ3v) is 5.98. The summed E-state index contributed by atoms with van der Waals surface area (Å²) >= 11 is 11.0. The summed E-state index contributed by atoms with van der Waals surface area (Å²) in [7, 11) is 0. The molecule has 0 aromatic heterocycles. The lowest BCUT2D eigenvalue weighted by atomic mass is 10.3. The second-order valence-corrected chi connectivity index (χ2v) is 7.66. The van der Waals surface area contributed by atoms with Gasteiger partial charge < -0.3 is 4.74 Å². The quantitative estimate of drug-likeness (QED) is 0.179. The predicted molar refractivity (Wildman–Crippen MR) is 95.1 cm³/mol. The molecule has 27 heavy (non-hydrogen) atoms. The number of hydrogen-bond acceptors (Lipinski definition) is 1. The number of rotatable bonds is 2. The summed E-state index contributed by atoms with van der Waals surface area (Å²) in [4.78, 5) is 0. The Morgan fingerprint density at radius 3 is 1.67 bits per heavy atom. The van der Waals surface area contributed by atoms with Crippen LogP contribution < -0.4 is 4.74 Å². The average molecular weight is 660 g/mol. The Labute approximate surface area is 180 Å². The topological polar surface area (TPSA) is 9.23 Å². The lowest BCUT2D eigenvalue weighted by molar-refractivity contribution is -0.236. The predicted octanol–water partition coefficient (Wildman–Crippen LogP) is 8.22. The smallest absolute Gasteiger partial charge is 0.449 e. The molecule has 0 aliphatic heterocycles. The number of hydrogen-bond donors (Lipinski definition) is 0. The Kier molecular flexibility index (Phi) is 9.01. The first-order valence-corrected chi connectivity index (χ1v) is 9.44. The zero-order chi connectivity index (χ0) is 21.1. The third-order valence-electron chi connectivity index (χ3n) is 2.54. The van der Waals surface area contributed by atoms with Gasteiger partial charge in [0, 0.05) is 10.5 Å². The first-order chi connectivity index (χ1) is 12.3. The van der Waals surface area contributed by atoms with E-state index in [0.29, 0.717) is 10.5 Å². The summed E-state index contributed by atoms with van der Waals surface area (Å²) in [6.45, 7) is 0. The van der Waals surface area contributed by atoms with E-state index in [4.69, 9.17) is 0 Å². The molecule has 0 N–H and O–H groups in total. The van der Waals surface area contributed by atoms with Crippen molar-refractivity contribution in [1.29, 1.82) is 0 Å². The molecule has 0 heterocycles. The van der Waals surface area contributed by atoms with Crippen LogP contribution in [0.2, 0.25) is 0 Å². The highest BCUT2D eigenvalue weighted by molar-refractivity contribution is 9.13. The fraction of sp³-hybridized carbons (Fsp3) is 0.143. The van der Waals surface area contributed by atoms with Gasteiger partial charge in [-0.3, -0.25) is 0 Å². The minimum absolute atomic E-state index is 0.118. The van der Waals surface area contributed by atoms with Gasteiger partial charge in [0.15, 0.2) is 17.4 Å². The van der Waals surface area contributed by atoms with Crippen LogP contribution in [-0.2, 0) is 0 Å². The molecule has 1 atom stereocenters. The van der Waals surface area contributed by atoms with E-state index in [1.807, 2.05) is 0 Å². The maximum atomic E-state index is 13.0. The molecule has 0 amide bonds. The molecule has 0 radical (unpaired) electrons. The third kappa shape index (κ3) is 6.57. The molecule has 0 aliphatic carbocycles. The van der Waals surface area contributed by atoms with Crippen LogP contribution in [0.4, 0.5) is 35.1 Å². The van der Waals surface area contributed by atoms with Gasteiger partial charge in [0.05, 0.1) is 13.4 Å². The molecular weight excluding hydrogens is 656 g/mol. The van der Waals surface area contributed by atoms with Gasteiger partial charge in [0.25, 0.3) is 0 Å². The normalized spacial score (nSPS) is 12.3. The van der Waals surface area contributed by atoms with Crippen LogP contribution in [0.15, 0.2) is 36.1 Å². The molecule has 0 spiro atoms. The van der Waals surface area contributed by atoms with E-state index in [1.165, 1.54) is 6.07 Å². The molecule has 0 aliphatic rings. The summed E-state index contributed by atoms with van der Waals surface area (Å²) in [6, 6.07) is 2.90. The van der Waals surface area contributed by atoms with E-state index in [1.54, 1.807) is 0 Å². The van der Waals surface area contributed by atoms with Crippen molar-refractivity contribution >= 4 is 63.7 Å². The first-order valence-electron chi connectivity index (χ1n) is 6.26. The molecule has 2 aromatic rings. The van der Waals surface area contributed by atoms with Crippen molar-refractivity contribution in [2.75, 3.05) is 0 Å². The lowest BCUT2D eigenvalue weighted by Crippen LogP contribution is -2.30. The second-order valence-electron chi connectivity index (χ2n) is 4.43. The molecule has 2 rings (SSSR count). The molecule has 2 aromatic carbocycles. The van der Waals surface area contributed by atoms with Gasteiger partial charge in [-0.25, -0.2) is 17.6 Å². The van der Waals surface area contributed by atoms with Crippen LogP contribution in [-0.4, -0.2) is 12.5 Å². The van der Waals surface area contributed by atoms with Crippen molar-refractivity contribution in [3.8, 4) is 5.75 Å².